The first-order valence-electron chi connectivity index (χ1n) is 12.7. The maximum Gasteiger partial charge on any atom is 0.410 e. The molecule has 0 spiro atoms. The van der Waals surface area contributed by atoms with E-state index in [1.807, 2.05) is 20.8 Å². The van der Waals surface area contributed by atoms with E-state index in [0.29, 0.717) is 45.4 Å². The Labute approximate surface area is 199 Å². The Morgan fingerprint density at radius 2 is 1.88 bits per heavy atom. The number of carbonyl (C=O) groups excluding carboxylic acids is 1. The predicted octanol–water partition coefficient (Wildman–Crippen LogP) is 4.66. The molecule has 1 amide bonds. The van der Waals surface area contributed by atoms with Gasteiger partial charge in [-0.1, -0.05) is 0 Å². The molecule has 0 aromatic carbocycles. The fraction of sp³-hybridized carbons (Fsp3) is 0.920. The van der Waals surface area contributed by atoms with Gasteiger partial charge in [-0.3, -0.25) is 0 Å². The molecule has 3 unspecified atom stereocenters. The fourth-order valence-corrected chi connectivity index (χ4v) is 3.67. The molecule has 2 aliphatic rings. The molecule has 3 atom stereocenters. The standard InChI is InChI=1S/C25H44N2O6/c1-25(2,3)33-24(28)27(14-9-11-22-20-32-22)13-8-10-21(18-26)19-29-15-6-7-17-31-23-12-4-5-16-30-23/h21-23H,4-17,19-20H2,1-3H3. The first-order chi connectivity index (χ1) is 15.9. The van der Waals surface area contributed by atoms with E-state index in [1.54, 1.807) is 4.90 Å². The van der Waals surface area contributed by atoms with E-state index in [4.69, 9.17) is 23.7 Å². The van der Waals surface area contributed by atoms with Gasteiger partial charge >= 0.3 is 6.09 Å². The molecule has 2 saturated heterocycles. The van der Waals surface area contributed by atoms with Gasteiger partial charge in [-0.25, -0.2) is 4.79 Å². The summed E-state index contributed by atoms with van der Waals surface area (Å²) in [5.41, 5.74) is -0.521. The fourth-order valence-electron chi connectivity index (χ4n) is 3.67. The lowest BCUT2D eigenvalue weighted by Gasteiger charge is -2.27. The Balaban J connectivity index is 1.56. The molecule has 0 saturated carbocycles. The van der Waals surface area contributed by atoms with Gasteiger partial charge in [-0.2, -0.15) is 5.26 Å². The highest BCUT2D eigenvalue weighted by atomic mass is 16.7. The molecule has 0 N–H and O–H groups in total. The van der Waals surface area contributed by atoms with Crippen molar-refractivity contribution in [2.75, 3.05) is 46.1 Å². The monoisotopic (exact) mass is 468 g/mol. The summed E-state index contributed by atoms with van der Waals surface area (Å²) in [5.74, 6) is -0.169. The van der Waals surface area contributed by atoms with Crippen LogP contribution in [-0.2, 0) is 23.7 Å². The van der Waals surface area contributed by atoms with Crippen LogP contribution in [-0.4, -0.2) is 75.1 Å². The van der Waals surface area contributed by atoms with E-state index in [2.05, 4.69) is 6.07 Å². The largest absolute Gasteiger partial charge is 0.444 e. The number of hydrogen-bond donors (Lipinski definition) is 0. The van der Waals surface area contributed by atoms with Crippen LogP contribution in [0.4, 0.5) is 4.79 Å². The zero-order valence-corrected chi connectivity index (χ0v) is 20.9. The van der Waals surface area contributed by atoms with E-state index < -0.39 is 5.60 Å². The summed E-state index contributed by atoms with van der Waals surface area (Å²) in [5, 5.41) is 9.46. The average Bonchev–Trinajstić information content (AvgIpc) is 3.60. The van der Waals surface area contributed by atoms with Crippen molar-refractivity contribution >= 4 is 6.09 Å². The summed E-state index contributed by atoms with van der Waals surface area (Å²) < 4.78 is 27.8. The quantitative estimate of drug-likeness (QED) is 0.240. The van der Waals surface area contributed by atoms with Crippen molar-refractivity contribution in [3.63, 3.8) is 0 Å². The second-order valence-electron chi connectivity index (χ2n) is 9.98. The van der Waals surface area contributed by atoms with Crippen LogP contribution in [0.15, 0.2) is 0 Å². The molecule has 8 nitrogen and oxygen atoms in total. The van der Waals surface area contributed by atoms with Gasteiger partial charge in [-0.15, -0.1) is 0 Å². The highest BCUT2D eigenvalue weighted by Gasteiger charge is 2.25. The molecular formula is C25H44N2O6. The number of rotatable bonds is 16. The molecule has 0 bridgehead atoms. The number of nitrogens with zero attached hydrogens (tertiary/aromatic N) is 2. The van der Waals surface area contributed by atoms with Crippen LogP contribution in [0.2, 0.25) is 0 Å². The maximum atomic E-state index is 12.6. The van der Waals surface area contributed by atoms with E-state index in [9.17, 15) is 10.1 Å². The highest BCUT2D eigenvalue weighted by molar-refractivity contribution is 5.68. The molecule has 8 heteroatoms. The molecule has 0 aromatic heterocycles. The van der Waals surface area contributed by atoms with Crippen LogP contribution in [0.5, 0.6) is 0 Å². The van der Waals surface area contributed by atoms with Gasteiger partial charge in [0.2, 0.25) is 0 Å². The summed E-state index contributed by atoms with van der Waals surface area (Å²) >= 11 is 0. The SMILES string of the molecule is CC(C)(C)OC(=O)N(CCCC(C#N)COCCCCOC1CCCCO1)CCCC1CO1. The summed E-state index contributed by atoms with van der Waals surface area (Å²) in [6, 6.07) is 2.34. The smallest absolute Gasteiger partial charge is 0.410 e. The Morgan fingerprint density at radius 3 is 2.55 bits per heavy atom. The van der Waals surface area contributed by atoms with Gasteiger partial charge in [0.1, 0.15) is 5.60 Å². The normalized spacial score (nSPS) is 21.3. The predicted molar refractivity (Wildman–Crippen MR) is 125 cm³/mol. The molecule has 2 rings (SSSR count). The lowest BCUT2D eigenvalue weighted by molar-refractivity contribution is -0.163. The van der Waals surface area contributed by atoms with Gasteiger partial charge in [0.05, 0.1) is 31.3 Å². The molecule has 33 heavy (non-hydrogen) atoms. The Morgan fingerprint density at radius 1 is 1.12 bits per heavy atom. The molecule has 2 heterocycles. The molecule has 0 radical (unpaired) electrons. The summed E-state index contributed by atoms with van der Waals surface area (Å²) in [6.07, 6.45) is 8.46. The van der Waals surface area contributed by atoms with Gasteiger partial charge < -0.3 is 28.6 Å². The van der Waals surface area contributed by atoms with Crippen molar-refractivity contribution in [1.29, 1.82) is 5.26 Å². The van der Waals surface area contributed by atoms with Crippen molar-refractivity contribution in [3.05, 3.63) is 0 Å². The number of ether oxygens (including phenoxy) is 5. The molecular weight excluding hydrogens is 424 g/mol. The van der Waals surface area contributed by atoms with Crippen molar-refractivity contribution < 1.29 is 28.5 Å². The van der Waals surface area contributed by atoms with Crippen molar-refractivity contribution in [3.8, 4) is 6.07 Å². The minimum absolute atomic E-state index is 0.0371. The molecule has 190 valence electrons. The van der Waals surface area contributed by atoms with Crippen LogP contribution in [0.3, 0.4) is 0 Å². The minimum atomic E-state index is -0.521. The topological polar surface area (TPSA) is 93.6 Å². The summed E-state index contributed by atoms with van der Waals surface area (Å²) in [7, 11) is 0. The number of hydrogen-bond acceptors (Lipinski definition) is 7. The van der Waals surface area contributed by atoms with Crippen LogP contribution < -0.4 is 0 Å². The van der Waals surface area contributed by atoms with Crippen LogP contribution >= 0.6 is 0 Å². The molecule has 0 aromatic rings. The van der Waals surface area contributed by atoms with Crippen LogP contribution in [0.25, 0.3) is 0 Å². The Kier molecular flexibility index (Phi) is 13.1. The van der Waals surface area contributed by atoms with E-state index in [-0.39, 0.29) is 18.3 Å². The summed E-state index contributed by atoms with van der Waals surface area (Å²) in [4.78, 5) is 14.3. The number of carbonyl (C=O) groups is 1. The molecule has 0 aliphatic carbocycles. The number of nitriles is 1. The lowest BCUT2D eigenvalue weighted by atomic mass is 10.1. The molecule has 2 aliphatic heterocycles. The van der Waals surface area contributed by atoms with Crippen molar-refractivity contribution in [2.45, 2.75) is 96.6 Å². The van der Waals surface area contributed by atoms with E-state index in [0.717, 1.165) is 58.2 Å². The lowest BCUT2D eigenvalue weighted by Crippen LogP contribution is -2.38. The first-order valence-corrected chi connectivity index (χ1v) is 12.7. The highest BCUT2D eigenvalue weighted by Crippen LogP contribution is 2.18. The Hall–Kier alpha value is -1.40. The van der Waals surface area contributed by atoms with Crippen LogP contribution in [0.1, 0.15) is 78.6 Å². The van der Waals surface area contributed by atoms with Gasteiger partial charge in [0.15, 0.2) is 6.29 Å². The van der Waals surface area contributed by atoms with E-state index in [1.165, 1.54) is 6.42 Å². The van der Waals surface area contributed by atoms with Crippen LogP contribution in [0, 0.1) is 17.2 Å². The third kappa shape index (κ3) is 13.8. The van der Waals surface area contributed by atoms with Gasteiger partial charge in [0.25, 0.3) is 0 Å². The number of epoxide rings is 1. The number of amides is 1. The van der Waals surface area contributed by atoms with Crippen molar-refractivity contribution in [1.82, 2.24) is 4.90 Å². The second kappa shape index (κ2) is 15.5. The third-order valence-corrected chi connectivity index (χ3v) is 5.62. The van der Waals surface area contributed by atoms with E-state index >= 15 is 0 Å². The zero-order chi connectivity index (χ0) is 23.9. The first kappa shape index (κ1) is 27.8. The average molecular weight is 469 g/mol. The molecule has 2 fully saturated rings. The van der Waals surface area contributed by atoms with Gasteiger partial charge in [0, 0.05) is 32.9 Å². The van der Waals surface area contributed by atoms with Crippen molar-refractivity contribution in [2.24, 2.45) is 5.92 Å². The third-order valence-electron chi connectivity index (χ3n) is 5.62. The zero-order valence-electron chi connectivity index (χ0n) is 20.9. The maximum absolute atomic E-state index is 12.6. The van der Waals surface area contributed by atoms with Gasteiger partial charge in [-0.05, 0) is 78.6 Å². The second-order valence-corrected chi connectivity index (χ2v) is 9.98. The summed E-state index contributed by atoms with van der Waals surface area (Å²) in [6.45, 7) is 10.2. The minimum Gasteiger partial charge on any atom is -0.444 e. The Bertz CT molecular complexity index is 578. The number of unbranched alkanes of at least 4 members (excludes halogenated alkanes) is 1.